The fraction of sp³-hybridized carbons (Fsp3) is 0.560. The third-order valence-corrected chi connectivity index (χ3v) is 10.5. The summed E-state index contributed by atoms with van der Waals surface area (Å²) >= 11 is 0. The first kappa shape index (κ1) is 25.3. The van der Waals surface area contributed by atoms with Crippen molar-refractivity contribution in [3.05, 3.63) is 35.7 Å². The Bertz CT molecular complexity index is 1440. The van der Waals surface area contributed by atoms with E-state index in [1.54, 1.807) is 9.80 Å². The lowest BCUT2D eigenvalue weighted by Crippen LogP contribution is -2.66. The number of amides is 1. The Labute approximate surface area is 216 Å². The van der Waals surface area contributed by atoms with Gasteiger partial charge in [0.2, 0.25) is 5.91 Å². The smallest absolute Gasteiger partial charge is 0.244 e. The van der Waals surface area contributed by atoms with E-state index in [4.69, 9.17) is 0 Å². The number of carbonyl (C=O) groups excluding carboxylic acids is 1. The molecule has 5 rings (SSSR count). The first-order valence-corrected chi connectivity index (χ1v) is 13.9. The second kappa shape index (κ2) is 8.34. The average molecular weight is 528 g/mol. The molecule has 37 heavy (non-hydrogen) atoms. The van der Waals surface area contributed by atoms with Gasteiger partial charge in [-0.15, -0.1) is 0 Å². The summed E-state index contributed by atoms with van der Waals surface area (Å²) in [7, 11) is -3.43. The SMILES string of the molecule is C[C@@H]1CN(c2ncnc3c2C(C)(C)CN3c2cc(C#N)ncc2F)[C@@H](C)CN1C(=O)[C@]1(C)CCS1(=O)=O. The molecule has 0 N–H and O–H groups in total. The third kappa shape index (κ3) is 3.74. The summed E-state index contributed by atoms with van der Waals surface area (Å²) in [5, 5.41) is 9.27. The summed E-state index contributed by atoms with van der Waals surface area (Å²) < 4.78 is 38.2. The third-order valence-electron chi connectivity index (χ3n) is 8.04. The van der Waals surface area contributed by atoms with Gasteiger partial charge in [-0.2, -0.15) is 5.26 Å². The van der Waals surface area contributed by atoms with Gasteiger partial charge in [-0.05, 0) is 27.2 Å². The second-order valence-corrected chi connectivity index (χ2v) is 13.6. The molecule has 12 heteroatoms. The van der Waals surface area contributed by atoms with Gasteiger partial charge < -0.3 is 14.7 Å². The Morgan fingerprint density at radius 3 is 2.46 bits per heavy atom. The van der Waals surface area contributed by atoms with Crippen LogP contribution in [0, 0.1) is 17.1 Å². The lowest BCUT2D eigenvalue weighted by Gasteiger charge is -2.49. The normalized spacial score (nSPS) is 27.9. The van der Waals surface area contributed by atoms with Gasteiger partial charge in [0.05, 0.1) is 17.6 Å². The predicted molar refractivity (Wildman–Crippen MR) is 136 cm³/mol. The van der Waals surface area contributed by atoms with Crippen molar-refractivity contribution in [1.82, 2.24) is 19.9 Å². The van der Waals surface area contributed by atoms with Crippen molar-refractivity contribution in [2.24, 2.45) is 0 Å². The molecule has 5 heterocycles. The number of nitrogens with zero attached hydrogens (tertiary/aromatic N) is 7. The molecule has 3 aliphatic rings. The van der Waals surface area contributed by atoms with Crippen molar-refractivity contribution in [3.8, 4) is 6.07 Å². The van der Waals surface area contributed by atoms with Crippen LogP contribution < -0.4 is 9.80 Å². The zero-order valence-corrected chi connectivity index (χ0v) is 22.4. The highest BCUT2D eigenvalue weighted by molar-refractivity contribution is 7.95. The fourth-order valence-corrected chi connectivity index (χ4v) is 7.20. The van der Waals surface area contributed by atoms with Crippen molar-refractivity contribution in [3.63, 3.8) is 0 Å². The maximum Gasteiger partial charge on any atom is 0.244 e. The van der Waals surface area contributed by atoms with Crippen LogP contribution in [0.1, 0.15) is 52.3 Å². The molecular weight excluding hydrogens is 497 g/mol. The van der Waals surface area contributed by atoms with Crippen molar-refractivity contribution < 1.29 is 17.6 Å². The zero-order chi connectivity index (χ0) is 26.9. The number of halogens is 1. The summed E-state index contributed by atoms with van der Waals surface area (Å²) in [6.07, 6.45) is 2.84. The van der Waals surface area contributed by atoms with Crippen LogP contribution in [0.25, 0.3) is 0 Å². The van der Waals surface area contributed by atoms with Crippen molar-refractivity contribution >= 4 is 33.1 Å². The van der Waals surface area contributed by atoms with Crippen LogP contribution in [0.2, 0.25) is 0 Å². The number of sulfone groups is 1. The van der Waals surface area contributed by atoms with Crippen LogP contribution in [0.15, 0.2) is 18.6 Å². The van der Waals surface area contributed by atoms with Crippen LogP contribution in [0.3, 0.4) is 0 Å². The molecule has 2 aromatic heterocycles. The summed E-state index contributed by atoms with van der Waals surface area (Å²) in [4.78, 5) is 31.9. The fourth-order valence-electron chi connectivity index (χ4n) is 5.66. The number of nitriles is 1. The largest absolute Gasteiger partial charge is 0.350 e. The van der Waals surface area contributed by atoms with E-state index in [9.17, 15) is 22.9 Å². The van der Waals surface area contributed by atoms with Crippen molar-refractivity contribution in [1.29, 1.82) is 5.26 Å². The molecular formula is C25H30FN7O3S. The number of piperazine rings is 1. The highest BCUT2D eigenvalue weighted by Crippen LogP contribution is 2.48. The number of hydrogen-bond donors (Lipinski definition) is 0. The van der Waals surface area contributed by atoms with Crippen LogP contribution >= 0.6 is 0 Å². The molecule has 3 aliphatic heterocycles. The molecule has 3 atom stereocenters. The minimum Gasteiger partial charge on any atom is -0.350 e. The van der Waals surface area contributed by atoms with E-state index in [0.29, 0.717) is 37.7 Å². The minimum atomic E-state index is -3.43. The molecule has 2 fully saturated rings. The van der Waals surface area contributed by atoms with Gasteiger partial charge in [0.15, 0.2) is 15.7 Å². The van der Waals surface area contributed by atoms with Gasteiger partial charge in [0.1, 0.15) is 34.5 Å². The van der Waals surface area contributed by atoms with Gasteiger partial charge in [-0.3, -0.25) is 4.79 Å². The van der Waals surface area contributed by atoms with Crippen molar-refractivity contribution in [2.75, 3.05) is 35.2 Å². The Morgan fingerprint density at radius 1 is 1.14 bits per heavy atom. The molecule has 0 saturated carbocycles. The van der Waals surface area contributed by atoms with Crippen LogP contribution in [-0.2, 0) is 20.0 Å². The molecule has 0 aliphatic carbocycles. The number of aromatic nitrogens is 3. The Hall–Kier alpha value is -3.33. The lowest BCUT2D eigenvalue weighted by molar-refractivity contribution is -0.137. The summed E-state index contributed by atoms with van der Waals surface area (Å²) in [6, 6.07) is 3.00. The van der Waals surface area contributed by atoms with Crippen molar-refractivity contribution in [2.45, 2.75) is 63.3 Å². The summed E-state index contributed by atoms with van der Waals surface area (Å²) in [6.45, 7) is 10.8. The number of anilines is 3. The van der Waals surface area contributed by atoms with E-state index in [-0.39, 0.29) is 35.1 Å². The van der Waals surface area contributed by atoms with Crippen LogP contribution in [0.4, 0.5) is 21.7 Å². The minimum absolute atomic E-state index is 0.0473. The van der Waals surface area contributed by atoms with E-state index in [0.717, 1.165) is 11.8 Å². The molecule has 0 spiro atoms. The molecule has 0 radical (unpaired) electrons. The zero-order valence-electron chi connectivity index (χ0n) is 21.6. The standard InChI is InChI=1S/C25H30FN7O3S/c1-15-12-32(23(34)25(5)6-7-37(25,35)36)16(2)11-31(15)21-20-22(30-14-29-21)33(13-24(20,3)4)19-8-17(9-27)28-10-18(19)26/h8,10,14-16H,6-7,11-13H2,1-5H3/t15-,16+,25-/m0/s1. The van der Waals surface area contributed by atoms with Gasteiger partial charge in [0.25, 0.3) is 0 Å². The van der Waals surface area contributed by atoms with Gasteiger partial charge in [0, 0.05) is 48.8 Å². The topological polar surface area (TPSA) is 123 Å². The first-order chi connectivity index (χ1) is 17.3. The molecule has 0 aromatic carbocycles. The highest BCUT2D eigenvalue weighted by atomic mass is 32.2. The quantitative estimate of drug-likeness (QED) is 0.591. The van der Waals surface area contributed by atoms with E-state index < -0.39 is 25.8 Å². The predicted octanol–water partition coefficient (Wildman–Crippen LogP) is 2.31. The maximum atomic E-state index is 14.8. The summed E-state index contributed by atoms with van der Waals surface area (Å²) in [5.74, 6) is 0.443. The Kier molecular flexibility index (Phi) is 5.71. The highest BCUT2D eigenvalue weighted by Gasteiger charge is 2.57. The van der Waals surface area contributed by atoms with Gasteiger partial charge in [-0.1, -0.05) is 13.8 Å². The van der Waals surface area contributed by atoms with Gasteiger partial charge >= 0.3 is 0 Å². The number of carbonyl (C=O) groups is 1. The van der Waals surface area contributed by atoms with E-state index in [1.807, 2.05) is 33.8 Å². The number of hydrogen-bond acceptors (Lipinski definition) is 9. The maximum absolute atomic E-state index is 14.8. The number of fused-ring (bicyclic) bond motifs is 1. The van der Waals surface area contributed by atoms with E-state index in [2.05, 4.69) is 19.9 Å². The van der Waals surface area contributed by atoms with E-state index >= 15 is 0 Å². The molecule has 2 saturated heterocycles. The molecule has 2 aromatic rings. The number of pyridine rings is 1. The van der Waals surface area contributed by atoms with Crippen LogP contribution in [-0.4, -0.2) is 76.4 Å². The average Bonchev–Trinajstić information content (AvgIpc) is 3.14. The molecule has 0 bridgehead atoms. The first-order valence-electron chi connectivity index (χ1n) is 12.3. The molecule has 0 unspecified atom stereocenters. The monoisotopic (exact) mass is 527 g/mol. The number of rotatable bonds is 3. The van der Waals surface area contributed by atoms with E-state index in [1.165, 1.54) is 19.3 Å². The molecule has 196 valence electrons. The summed E-state index contributed by atoms with van der Waals surface area (Å²) in [5.41, 5.74) is 0.756. The molecule has 1 amide bonds. The Morgan fingerprint density at radius 2 is 1.84 bits per heavy atom. The molecule has 10 nitrogen and oxygen atoms in total. The van der Waals surface area contributed by atoms with Crippen LogP contribution in [0.5, 0.6) is 0 Å². The second-order valence-electron chi connectivity index (χ2n) is 11.1. The lowest BCUT2D eigenvalue weighted by atomic mass is 9.87. The van der Waals surface area contributed by atoms with Gasteiger partial charge in [-0.25, -0.2) is 27.8 Å². The Balaban J connectivity index is 1.49.